The van der Waals surface area contributed by atoms with Gasteiger partial charge in [-0.1, -0.05) is 6.07 Å². The van der Waals surface area contributed by atoms with Crippen molar-refractivity contribution in [3.63, 3.8) is 0 Å². The Hall–Kier alpha value is -0.930. The van der Waals surface area contributed by atoms with E-state index in [1.165, 1.54) is 0 Å². The average molecular weight is 192 g/mol. The second kappa shape index (κ2) is 4.07. The number of aliphatic hydroxyl groups is 1. The Kier molecular flexibility index (Phi) is 2.79. The van der Waals surface area contributed by atoms with E-state index in [-0.39, 0.29) is 6.61 Å². The van der Waals surface area contributed by atoms with Gasteiger partial charge in [-0.15, -0.1) is 0 Å². The fourth-order valence-electron chi connectivity index (χ4n) is 2.10. The molecule has 1 aromatic heterocycles. The SMILES string of the molecule is NC1CCC(c2cccc(CO)n2)C1. The summed E-state index contributed by atoms with van der Waals surface area (Å²) in [7, 11) is 0. The maximum Gasteiger partial charge on any atom is 0.0853 e. The molecule has 3 N–H and O–H groups in total. The molecule has 2 unspecified atom stereocenters. The zero-order valence-corrected chi connectivity index (χ0v) is 8.19. The number of aliphatic hydroxyl groups excluding tert-OH is 1. The van der Waals surface area contributed by atoms with Gasteiger partial charge in [-0.25, -0.2) is 0 Å². The molecule has 1 aromatic rings. The number of nitrogens with zero attached hydrogens (tertiary/aromatic N) is 1. The van der Waals surface area contributed by atoms with E-state index in [0.29, 0.717) is 12.0 Å². The molecular formula is C11H16N2O. The topological polar surface area (TPSA) is 59.1 Å². The van der Waals surface area contributed by atoms with Crippen molar-refractivity contribution in [1.82, 2.24) is 4.98 Å². The molecule has 76 valence electrons. The van der Waals surface area contributed by atoms with Gasteiger partial charge in [-0.2, -0.15) is 0 Å². The third kappa shape index (κ3) is 1.94. The van der Waals surface area contributed by atoms with Gasteiger partial charge in [0.25, 0.3) is 0 Å². The van der Waals surface area contributed by atoms with Gasteiger partial charge >= 0.3 is 0 Å². The molecule has 2 rings (SSSR count). The molecule has 2 atom stereocenters. The smallest absolute Gasteiger partial charge is 0.0853 e. The Morgan fingerprint density at radius 2 is 2.29 bits per heavy atom. The molecular weight excluding hydrogens is 176 g/mol. The minimum atomic E-state index is 0.0204. The molecule has 0 amide bonds. The predicted molar refractivity (Wildman–Crippen MR) is 54.7 cm³/mol. The Morgan fingerprint density at radius 3 is 2.93 bits per heavy atom. The van der Waals surface area contributed by atoms with Crippen LogP contribution < -0.4 is 5.73 Å². The summed E-state index contributed by atoms with van der Waals surface area (Å²) < 4.78 is 0. The van der Waals surface area contributed by atoms with Crippen LogP contribution in [-0.2, 0) is 6.61 Å². The lowest BCUT2D eigenvalue weighted by atomic mass is 10.0. The number of hydrogen-bond acceptors (Lipinski definition) is 3. The third-order valence-electron chi connectivity index (χ3n) is 2.88. The van der Waals surface area contributed by atoms with Crippen LogP contribution in [0.2, 0.25) is 0 Å². The summed E-state index contributed by atoms with van der Waals surface area (Å²) in [5.41, 5.74) is 7.70. The molecule has 0 aromatic carbocycles. The number of nitrogens with two attached hydrogens (primary N) is 1. The molecule has 3 nitrogen and oxygen atoms in total. The highest BCUT2D eigenvalue weighted by Gasteiger charge is 2.23. The van der Waals surface area contributed by atoms with Gasteiger partial charge in [0.1, 0.15) is 0 Å². The van der Waals surface area contributed by atoms with Crippen LogP contribution >= 0.6 is 0 Å². The summed E-state index contributed by atoms with van der Waals surface area (Å²) in [6.07, 6.45) is 3.25. The Labute approximate surface area is 84.0 Å². The zero-order valence-electron chi connectivity index (χ0n) is 8.19. The van der Waals surface area contributed by atoms with E-state index < -0.39 is 0 Å². The highest BCUT2D eigenvalue weighted by molar-refractivity contribution is 5.16. The molecule has 0 saturated heterocycles. The van der Waals surface area contributed by atoms with E-state index in [4.69, 9.17) is 10.8 Å². The highest BCUT2D eigenvalue weighted by atomic mass is 16.3. The van der Waals surface area contributed by atoms with Gasteiger partial charge < -0.3 is 10.8 Å². The molecule has 0 bridgehead atoms. The summed E-state index contributed by atoms with van der Waals surface area (Å²) >= 11 is 0. The van der Waals surface area contributed by atoms with E-state index in [1.54, 1.807) is 0 Å². The van der Waals surface area contributed by atoms with Gasteiger partial charge in [-0.3, -0.25) is 4.98 Å². The molecule has 0 spiro atoms. The van der Waals surface area contributed by atoms with Crippen molar-refractivity contribution in [3.8, 4) is 0 Å². The van der Waals surface area contributed by atoms with E-state index in [2.05, 4.69) is 4.98 Å². The van der Waals surface area contributed by atoms with Crippen molar-refractivity contribution in [2.24, 2.45) is 5.73 Å². The van der Waals surface area contributed by atoms with Crippen molar-refractivity contribution < 1.29 is 5.11 Å². The largest absolute Gasteiger partial charge is 0.390 e. The molecule has 3 heteroatoms. The molecule has 1 aliphatic rings. The van der Waals surface area contributed by atoms with Gasteiger partial charge in [0.05, 0.1) is 12.3 Å². The van der Waals surface area contributed by atoms with Crippen LogP contribution in [-0.4, -0.2) is 16.1 Å². The number of aromatic nitrogens is 1. The Bertz CT molecular complexity index is 314. The lowest BCUT2D eigenvalue weighted by Crippen LogP contribution is -2.14. The summed E-state index contributed by atoms with van der Waals surface area (Å²) in [4.78, 5) is 4.40. The van der Waals surface area contributed by atoms with Crippen LogP contribution in [0, 0.1) is 0 Å². The van der Waals surface area contributed by atoms with Crippen molar-refractivity contribution in [2.45, 2.75) is 37.8 Å². The van der Waals surface area contributed by atoms with Crippen LogP contribution in [0.15, 0.2) is 18.2 Å². The lowest BCUT2D eigenvalue weighted by Gasteiger charge is -2.09. The maximum atomic E-state index is 8.97. The second-order valence-electron chi connectivity index (χ2n) is 3.98. The summed E-state index contributed by atoms with van der Waals surface area (Å²) in [6, 6.07) is 6.16. The maximum absolute atomic E-state index is 8.97. The molecule has 1 aliphatic carbocycles. The van der Waals surface area contributed by atoms with E-state index in [9.17, 15) is 0 Å². The lowest BCUT2D eigenvalue weighted by molar-refractivity contribution is 0.276. The quantitative estimate of drug-likeness (QED) is 0.739. The standard InChI is InChI=1S/C11H16N2O/c12-9-5-4-8(6-9)11-3-1-2-10(7-14)13-11/h1-3,8-9,14H,4-7,12H2. The molecule has 1 heterocycles. The minimum absolute atomic E-state index is 0.0204. The molecule has 1 saturated carbocycles. The van der Waals surface area contributed by atoms with E-state index in [0.717, 1.165) is 30.7 Å². The average Bonchev–Trinajstić information content (AvgIpc) is 2.65. The van der Waals surface area contributed by atoms with E-state index >= 15 is 0 Å². The first-order valence-corrected chi connectivity index (χ1v) is 5.12. The van der Waals surface area contributed by atoms with Gasteiger partial charge in [0.15, 0.2) is 0 Å². The van der Waals surface area contributed by atoms with Crippen LogP contribution in [0.3, 0.4) is 0 Å². The second-order valence-corrected chi connectivity index (χ2v) is 3.98. The number of hydrogen-bond donors (Lipinski definition) is 2. The normalized spacial score (nSPS) is 26.7. The first-order valence-electron chi connectivity index (χ1n) is 5.12. The van der Waals surface area contributed by atoms with Crippen LogP contribution in [0.4, 0.5) is 0 Å². The first kappa shape index (κ1) is 9.62. The van der Waals surface area contributed by atoms with Crippen LogP contribution in [0.1, 0.15) is 36.6 Å². The molecule has 0 radical (unpaired) electrons. The highest BCUT2D eigenvalue weighted by Crippen LogP contribution is 2.32. The van der Waals surface area contributed by atoms with Gasteiger partial charge in [0.2, 0.25) is 0 Å². The van der Waals surface area contributed by atoms with Crippen molar-refractivity contribution in [2.75, 3.05) is 0 Å². The molecule has 0 aliphatic heterocycles. The van der Waals surface area contributed by atoms with Gasteiger partial charge in [0, 0.05) is 17.7 Å². The van der Waals surface area contributed by atoms with Gasteiger partial charge in [-0.05, 0) is 31.4 Å². The van der Waals surface area contributed by atoms with Crippen LogP contribution in [0.5, 0.6) is 0 Å². The fraction of sp³-hybridized carbons (Fsp3) is 0.545. The third-order valence-corrected chi connectivity index (χ3v) is 2.88. The fourth-order valence-corrected chi connectivity index (χ4v) is 2.10. The van der Waals surface area contributed by atoms with Crippen molar-refractivity contribution >= 4 is 0 Å². The summed E-state index contributed by atoms with van der Waals surface area (Å²) in [5, 5.41) is 8.97. The monoisotopic (exact) mass is 192 g/mol. The van der Waals surface area contributed by atoms with Crippen molar-refractivity contribution in [1.29, 1.82) is 0 Å². The molecule has 1 fully saturated rings. The minimum Gasteiger partial charge on any atom is -0.390 e. The summed E-state index contributed by atoms with van der Waals surface area (Å²) in [6.45, 7) is 0.0204. The summed E-state index contributed by atoms with van der Waals surface area (Å²) in [5.74, 6) is 0.497. The van der Waals surface area contributed by atoms with E-state index in [1.807, 2.05) is 18.2 Å². The zero-order chi connectivity index (χ0) is 9.97. The number of rotatable bonds is 2. The first-order chi connectivity index (χ1) is 6.79. The molecule has 14 heavy (non-hydrogen) atoms. The van der Waals surface area contributed by atoms with Crippen molar-refractivity contribution in [3.05, 3.63) is 29.6 Å². The number of pyridine rings is 1. The predicted octanol–water partition coefficient (Wildman–Crippen LogP) is 1.17. The van der Waals surface area contributed by atoms with Crippen LogP contribution in [0.25, 0.3) is 0 Å². The Morgan fingerprint density at radius 1 is 1.43 bits per heavy atom. The Balaban J connectivity index is 2.15.